The van der Waals surface area contributed by atoms with Crippen molar-refractivity contribution in [2.24, 2.45) is 10.4 Å². The van der Waals surface area contributed by atoms with Crippen LogP contribution < -0.4 is 10.6 Å². The van der Waals surface area contributed by atoms with Gasteiger partial charge in [0.15, 0.2) is 5.96 Å². The second-order valence-corrected chi connectivity index (χ2v) is 6.98. The molecule has 0 aliphatic heterocycles. The Morgan fingerprint density at radius 1 is 1.12 bits per heavy atom. The van der Waals surface area contributed by atoms with E-state index in [0.717, 1.165) is 58.1 Å². The molecule has 2 aliphatic carbocycles. The summed E-state index contributed by atoms with van der Waals surface area (Å²) in [5.74, 6) is 0.972. The predicted molar refractivity (Wildman–Crippen MR) is 115 cm³/mol. The highest BCUT2D eigenvalue weighted by atomic mass is 127. The molecular formula is C19H38IN3O2. The van der Waals surface area contributed by atoms with E-state index in [0.29, 0.717) is 17.6 Å². The van der Waals surface area contributed by atoms with Gasteiger partial charge in [-0.25, -0.2) is 0 Å². The Kier molecular flexibility index (Phi) is 11.3. The van der Waals surface area contributed by atoms with Crippen LogP contribution in [0.4, 0.5) is 0 Å². The largest absolute Gasteiger partial charge is 0.382 e. The van der Waals surface area contributed by atoms with Crippen LogP contribution in [0.1, 0.15) is 65.7 Å². The summed E-state index contributed by atoms with van der Waals surface area (Å²) in [6, 6.07) is 0.512. The lowest BCUT2D eigenvalue weighted by molar-refractivity contribution is -0.125. The van der Waals surface area contributed by atoms with Crippen LogP contribution in [-0.4, -0.2) is 51.0 Å². The third-order valence-electron chi connectivity index (χ3n) is 5.51. The van der Waals surface area contributed by atoms with Gasteiger partial charge in [-0.2, -0.15) is 0 Å². The molecule has 0 bridgehead atoms. The highest BCUT2D eigenvalue weighted by molar-refractivity contribution is 14.0. The van der Waals surface area contributed by atoms with Crippen LogP contribution in [0.5, 0.6) is 0 Å². The normalized spacial score (nSPS) is 24.7. The topological polar surface area (TPSA) is 54.9 Å². The second-order valence-electron chi connectivity index (χ2n) is 6.98. The zero-order valence-corrected chi connectivity index (χ0v) is 18.6. The Balaban J connectivity index is 0.00000312. The first-order valence-corrected chi connectivity index (χ1v) is 10.0. The van der Waals surface area contributed by atoms with Crippen molar-refractivity contribution in [2.45, 2.75) is 77.9 Å². The van der Waals surface area contributed by atoms with Crippen LogP contribution in [0, 0.1) is 5.41 Å². The third kappa shape index (κ3) is 6.24. The molecule has 0 aromatic heterocycles. The van der Waals surface area contributed by atoms with E-state index in [1.54, 1.807) is 0 Å². The Morgan fingerprint density at radius 2 is 1.88 bits per heavy atom. The molecule has 2 unspecified atom stereocenters. The summed E-state index contributed by atoms with van der Waals surface area (Å²) >= 11 is 0. The number of nitrogens with zero attached hydrogens (tertiary/aromatic N) is 1. The number of hydrogen-bond donors (Lipinski definition) is 2. The van der Waals surface area contributed by atoms with Crippen LogP contribution in [0.3, 0.4) is 0 Å². The van der Waals surface area contributed by atoms with Crippen LogP contribution in [0.2, 0.25) is 0 Å². The van der Waals surface area contributed by atoms with Crippen molar-refractivity contribution < 1.29 is 9.47 Å². The van der Waals surface area contributed by atoms with E-state index in [2.05, 4.69) is 24.5 Å². The minimum absolute atomic E-state index is 0. The van der Waals surface area contributed by atoms with Gasteiger partial charge in [0.05, 0.1) is 6.10 Å². The van der Waals surface area contributed by atoms with Gasteiger partial charge in [-0.05, 0) is 52.9 Å². The number of unbranched alkanes of at least 4 members (excludes halogenated alkanes) is 1. The molecule has 6 heteroatoms. The summed E-state index contributed by atoms with van der Waals surface area (Å²) in [5, 5.41) is 7.11. The first kappa shape index (κ1) is 23.0. The molecule has 2 atom stereocenters. The summed E-state index contributed by atoms with van der Waals surface area (Å²) in [5.41, 5.74) is 0.348. The SMILES string of the molecule is CCNC(=NCCCCOCC)NC1CC(OCC)C12CCCC2.I. The predicted octanol–water partition coefficient (Wildman–Crippen LogP) is 3.71. The average molecular weight is 467 g/mol. The average Bonchev–Trinajstić information content (AvgIpc) is 3.10. The lowest BCUT2D eigenvalue weighted by atomic mass is 9.60. The fourth-order valence-electron chi connectivity index (χ4n) is 4.23. The van der Waals surface area contributed by atoms with Crippen molar-refractivity contribution in [3.05, 3.63) is 0 Å². The molecule has 0 aromatic rings. The Hall–Kier alpha value is -0.0800. The smallest absolute Gasteiger partial charge is 0.191 e. The molecule has 2 N–H and O–H groups in total. The molecule has 5 nitrogen and oxygen atoms in total. The van der Waals surface area contributed by atoms with Crippen LogP contribution in [0.25, 0.3) is 0 Å². The maximum Gasteiger partial charge on any atom is 0.191 e. The molecule has 25 heavy (non-hydrogen) atoms. The summed E-state index contributed by atoms with van der Waals surface area (Å²) in [4.78, 5) is 4.76. The summed E-state index contributed by atoms with van der Waals surface area (Å²) in [6.45, 7) is 10.5. The third-order valence-corrected chi connectivity index (χ3v) is 5.51. The highest BCUT2D eigenvalue weighted by Crippen LogP contribution is 2.54. The van der Waals surface area contributed by atoms with Crippen LogP contribution in [0.15, 0.2) is 4.99 Å². The maximum atomic E-state index is 6.01. The molecule has 0 amide bonds. The highest BCUT2D eigenvalue weighted by Gasteiger charge is 2.56. The number of guanidine groups is 1. The molecule has 0 radical (unpaired) electrons. The molecule has 2 fully saturated rings. The quantitative estimate of drug-likeness (QED) is 0.223. The van der Waals surface area contributed by atoms with Crippen molar-refractivity contribution in [1.29, 1.82) is 0 Å². The molecular weight excluding hydrogens is 429 g/mol. The van der Waals surface area contributed by atoms with Gasteiger partial charge in [-0.15, -0.1) is 24.0 Å². The molecule has 2 aliphatic rings. The lowest BCUT2D eigenvalue weighted by Gasteiger charge is -2.54. The number of nitrogens with one attached hydrogen (secondary N) is 2. The second kappa shape index (κ2) is 12.3. The van der Waals surface area contributed by atoms with Gasteiger partial charge in [0.25, 0.3) is 0 Å². The number of hydrogen-bond acceptors (Lipinski definition) is 3. The van der Waals surface area contributed by atoms with E-state index in [9.17, 15) is 0 Å². The molecule has 2 saturated carbocycles. The Labute approximate surface area is 171 Å². The monoisotopic (exact) mass is 467 g/mol. The first-order chi connectivity index (χ1) is 11.8. The van der Waals surface area contributed by atoms with Crippen molar-refractivity contribution in [2.75, 3.05) is 32.9 Å². The minimum atomic E-state index is 0. The molecule has 0 saturated heterocycles. The molecule has 0 heterocycles. The van der Waals surface area contributed by atoms with Gasteiger partial charge in [-0.3, -0.25) is 4.99 Å². The van der Waals surface area contributed by atoms with Gasteiger partial charge in [0.2, 0.25) is 0 Å². The van der Waals surface area contributed by atoms with Crippen LogP contribution in [-0.2, 0) is 9.47 Å². The first-order valence-electron chi connectivity index (χ1n) is 10.0. The minimum Gasteiger partial charge on any atom is -0.382 e. The fourth-order valence-corrected chi connectivity index (χ4v) is 4.23. The van der Waals surface area contributed by atoms with Crippen molar-refractivity contribution in [3.63, 3.8) is 0 Å². The Bertz CT molecular complexity index is 387. The van der Waals surface area contributed by atoms with Gasteiger partial charge >= 0.3 is 0 Å². The number of aliphatic imine (C=N–C) groups is 1. The van der Waals surface area contributed by atoms with Crippen molar-refractivity contribution in [3.8, 4) is 0 Å². The fraction of sp³-hybridized carbons (Fsp3) is 0.947. The Morgan fingerprint density at radius 3 is 2.52 bits per heavy atom. The van der Waals surface area contributed by atoms with Crippen LogP contribution >= 0.6 is 24.0 Å². The number of ether oxygens (including phenoxy) is 2. The zero-order chi connectivity index (χ0) is 17.3. The lowest BCUT2D eigenvalue weighted by Crippen LogP contribution is -2.65. The molecule has 1 spiro atoms. The van der Waals surface area contributed by atoms with E-state index in [-0.39, 0.29) is 24.0 Å². The van der Waals surface area contributed by atoms with E-state index < -0.39 is 0 Å². The summed E-state index contributed by atoms with van der Waals surface area (Å²) in [7, 11) is 0. The van der Waals surface area contributed by atoms with E-state index in [1.165, 1.54) is 25.7 Å². The standard InChI is InChI=1S/C19H37N3O2.HI/c1-4-20-18(21-13-9-10-14-23-5-2)22-16-15-17(24-6-3)19(16)11-7-8-12-19;/h16-17H,4-15H2,1-3H3,(H2,20,21,22);1H. The van der Waals surface area contributed by atoms with Gasteiger partial charge in [0.1, 0.15) is 0 Å². The van der Waals surface area contributed by atoms with Crippen molar-refractivity contribution >= 4 is 29.9 Å². The van der Waals surface area contributed by atoms with E-state index >= 15 is 0 Å². The molecule has 0 aromatic carbocycles. The van der Waals surface area contributed by atoms with Gasteiger partial charge < -0.3 is 20.1 Å². The number of rotatable bonds is 10. The van der Waals surface area contributed by atoms with Crippen molar-refractivity contribution in [1.82, 2.24) is 10.6 Å². The van der Waals surface area contributed by atoms with E-state index in [4.69, 9.17) is 14.5 Å². The summed E-state index contributed by atoms with van der Waals surface area (Å²) < 4.78 is 11.4. The maximum absolute atomic E-state index is 6.01. The molecule has 148 valence electrons. The zero-order valence-electron chi connectivity index (χ0n) is 16.3. The molecule has 2 rings (SSSR count). The van der Waals surface area contributed by atoms with E-state index in [1.807, 2.05) is 6.92 Å². The summed E-state index contributed by atoms with van der Waals surface area (Å²) in [6.07, 6.45) is 8.98. The van der Waals surface area contributed by atoms with Gasteiger partial charge in [-0.1, -0.05) is 12.8 Å². The van der Waals surface area contributed by atoms with Gasteiger partial charge in [0, 0.05) is 44.4 Å². The number of halogens is 1.